The van der Waals surface area contributed by atoms with Crippen LogP contribution < -0.4 is 0 Å². The van der Waals surface area contributed by atoms with Gasteiger partial charge >= 0.3 is 0 Å². The Labute approximate surface area is 189 Å². The third-order valence-electron chi connectivity index (χ3n) is 6.18. The van der Waals surface area contributed by atoms with Crippen LogP contribution in [0, 0.1) is 19.8 Å². The molecule has 162 valence electrons. The minimum atomic E-state index is 0.338. The van der Waals surface area contributed by atoms with Crippen LogP contribution in [0.2, 0.25) is 0 Å². The average Bonchev–Trinajstić information content (AvgIpc) is 3.09. The predicted octanol–water partition coefficient (Wildman–Crippen LogP) is 8.13. The molecule has 0 aliphatic carbocycles. The number of benzene rings is 2. The van der Waals surface area contributed by atoms with Crippen molar-refractivity contribution in [1.29, 1.82) is 0 Å². The molecule has 32 heavy (non-hydrogen) atoms. The molecule has 3 heterocycles. The second-order valence-corrected chi connectivity index (χ2v) is 9.76. The number of fused-ring (bicyclic) bond motifs is 4. The van der Waals surface area contributed by atoms with Gasteiger partial charge in [-0.1, -0.05) is 45.9 Å². The van der Waals surface area contributed by atoms with Gasteiger partial charge in [0, 0.05) is 33.1 Å². The van der Waals surface area contributed by atoms with Crippen LogP contribution in [0.3, 0.4) is 0 Å². The van der Waals surface area contributed by atoms with Crippen LogP contribution in [0.5, 0.6) is 0 Å². The first kappa shape index (κ1) is 20.7. The van der Waals surface area contributed by atoms with Gasteiger partial charge in [0.25, 0.3) is 0 Å². The molecular weight excluding hydrogens is 392 g/mol. The topological polar surface area (TPSA) is 38.9 Å². The van der Waals surface area contributed by atoms with Crippen LogP contribution in [0.25, 0.3) is 44.1 Å². The molecule has 0 fully saturated rings. The lowest BCUT2D eigenvalue weighted by Crippen LogP contribution is -2.00. The molecule has 3 aromatic heterocycles. The quantitative estimate of drug-likeness (QED) is 0.293. The first-order valence-corrected chi connectivity index (χ1v) is 11.5. The molecule has 3 nitrogen and oxygen atoms in total. The van der Waals surface area contributed by atoms with E-state index in [9.17, 15) is 0 Å². The van der Waals surface area contributed by atoms with Crippen LogP contribution in [0.15, 0.2) is 52.9 Å². The second-order valence-electron chi connectivity index (χ2n) is 9.76. The van der Waals surface area contributed by atoms with Gasteiger partial charge in [0.05, 0.1) is 5.69 Å². The Morgan fingerprint density at radius 1 is 0.812 bits per heavy atom. The van der Waals surface area contributed by atoms with Crippen molar-refractivity contribution < 1.29 is 4.42 Å². The Kier molecular flexibility index (Phi) is 5.00. The Morgan fingerprint density at radius 3 is 2.38 bits per heavy atom. The number of furan rings is 1. The van der Waals surface area contributed by atoms with Crippen LogP contribution in [-0.4, -0.2) is 9.97 Å². The zero-order valence-corrected chi connectivity index (χ0v) is 19.8. The number of rotatable bonds is 4. The minimum Gasteiger partial charge on any atom is -0.437 e. The number of aryl methyl sites for hydroxylation is 2. The van der Waals surface area contributed by atoms with E-state index in [1.807, 2.05) is 13.0 Å². The average molecular weight is 423 g/mol. The number of nitrogens with zero attached hydrogens (tertiary/aromatic N) is 2. The number of aromatic nitrogens is 2. The van der Waals surface area contributed by atoms with E-state index in [0.29, 0.717) is 17.5 Å². The Bertz CT molecular complexity index is 1470. The number of pyridine rings is 2. The second kappa shape index (κ2) is 7.74. The number of hydrogen-bond acceptors (Lipinski definition) is 3. The van der Waals surface area contributed by atoms with E-state index in [2.05, 4.69) is 82.1 Å². The largest absolute Gasteiger partial charge is 0.437 e. The highest BCUT2D eigenvalue weighted by atomic mass is 16.3. The molecule has 0 unspecified atom stereocenters. The lowest BCUT2D eigenvalue weighted by Gasteiger charge is -2.16. The third-order valence-corrected chi connectivity index (χ3v) is 6.18. The summed E-state index contributed by atoms with van der Waals surface area (Å²) in [5.41, 5.74) is 8.25. The van der Waals surface area contributed by atoms with Crippen LogP contribution in [0.4, 0.5) is 0 Å². The Hall–Kier alpha value is -3.20. The standard InChI is InChI=1S/C29H30N2O/c1-16(2)12-20-8-7-9-21-23(20)15-26(17(3)4)31-27(21)25-14-18(5)13-24-22-11-10-19(6)30-29(22)32-28(24)25/h7-11,13-17H,12H2,1-6H3. The molecule has 5 rings (SSSR count). The van der Waals surface area contributed by atoms with Gasteiger partial charge in [-0.15, -0.1) is 0 Å². The lowest BCUT2D eigenvalue weighted by atomic mass is 9.92. The van der Waals surface area contributed by atoms with Gasteiger partial charge in [-0.2, -0.15) is 0 Å². The summed E-state index contributed by atoms with van der Waals surface area (Å²) in [5, 5.41) is 4.64. The normalized spacial score (nSPS) is 12.1. The van der Waals surface area contributed by atoms with Crippen molar-refractivity contribution in [3.63, 3.8) is 0 Å². The molecule has 2 aromatic carbocycles. The smallest absolute Gasteiger partial charge is 0.227 e. The van der Waals surface area contributed by atoms with Crippen molar-refractivity contribution in [3.05, 3.63) is 71.0 Å². The Balaban J connectivity index is 1.89. The maximum atomic E-state index is 6.37. The molecule has 3 heteroatoms. The van der Waals surface area contributed by atoms with Crippen LogP contribution in [0.1, 0.15) is 56.1 Å². The fourth-order valence-corrected chi connectivity index (χ4v) is 4.65. The van der Waals surface area contributed by atoms with Crippen molar-refractivity contribution in [2.45, 2.75) is 53.9 Å². The molecule has 0 radical (unpaired) electrons. The van der Waals surface area contributed by atoms with Gasteiger partial charge in [0.2, 0.25) is 5.71 Å². The lowest BCUT2D eigenvalue weighted by molar-refractivity contribution is 0.650. The van der Waals surface area contributed by atoms with E-state index >= 15 is 0 Å². The van der Waals surface area contributed by atoms with Gasteiger partial charge in [-0.05, 0) is 78.9 Å². The monoisotopic (exact) mass is 422 g/mol. The maximum Gasteiger partial charge on any atom is 0.227 e. The molecule has 0 atom stereocenters. The van der Waals surface area contributed by atoms with Gasteiger partial charge in [0.1, 0.15) is 5.58 Å². The molecule has 0 saturated heterocycles. The van der Waals surface area contributed by atoms with E-state index in [0.717, 1.165) is 45.4 Å². The predicted molar refractivity (Wildman–Crippen MR) is 134 cm³/mol. The van der Waals surface area contributed by atoms with Gasteiger partial charge in [-0.3, -0.25) is 4.98 Å². The number of hydrogen-bond donors (Lipinski definition) is 0. The summed E-state index contributed by atoms with van der Waals surface area (Å²) in [6.07, 6.45) is 1.05. The summed E-state index contributed by atoms with van der Waals surface area (Å²) in [7, 11) is 0. The molecule has 0 aliphatic heterocycles. The summed E-state index contributed by atoms with van der Waals surface area (Å²) in [4.78, 5) is 9.83. The summed E-state index contributed by atoms with van der Waals surface area (Å²) in [6, 6.07) is 17.5. The van der Waals surface area contributed by atoms with Crippen LogP contribution >= 0.6 is 0 Å². The molecule has 0 saturated carbocycles. The fourth-order valence-electron chi connectivity index (χ4n) is 4.65. The van der Waals surface area contributed by atoms with Crippen LogP contribution in [-0.2, 0) is 6.42 Å². The zero-order chi connectivity index (χ0) is 22.6. The first-order chi connectivity index (χ1) is 15.3. The van der Waals surface area contributed by atoms with Crippen molar-refractivity contribution in [3.8, 4) is 11.3 Å². The van der Waals surface area contributed by atoms with E-state index in [1.165, 1.54) is 21.9 Å². The third kappa shape index (κ3) is 3.46. The maximum absolute atomic E-state index is 6.37. The molecular formula is C29H30N2O. The SMILES string of the molecule is Cc1cc(-c2nc(C(C)C)cc3c(CC(C)C)cccc23)c2oc3nc(C)ccc3c2c1. The minimum absolute atomic E-state index is 0.338. The Morgan fingerprint density at radius 2 is 1.62 bits per heavy atom. The summed E-state index contributed by atoms with van der Waals surface area (Å²) < 4.78 is 6.37. The van der Waals surface area contributed by atoms with E-state index < -0.39 is 0 Å². The highest BCUT2D eigenvalue weighted by molar-refractivity contribution is 6.11. The van der Waals surface area contributed by atoms with Gasteiger partial charge < -0.3 is 4.42 Å². The molecule has 5 aromatic rings. The van der Waals surface area contributed by atoms with Crippen molar-refractivity contribution in [2.75, 3.05) is 0 Å². The van der Waals surface area contributed by atoms with Crippen molar-refractivity contribution >= 4 is 32.8 Å². The van der Waals surface area contributed by atoms with Gasteiger partial charge in [-0.25, -0.2) is 4.98 Å². The van der Waals surface area contributed by atoms with E-state index in [4.69, 9.17) is 9.40 Å². The van der Waals surface area contributed by atoms with Crippen molar-refractivity contribution in [1.82, 2.24) is 9.97 Å². The molecule has 0 bridgehead atoms. The molecule has 0 aliphatic rings. The highest BCUT2D eigenvalue weighted by Crippen LogP contribution is 2.39. The van der Waals surface area contributed by atoms with E-state index in [1.54, 1.807) is 0 Å². The van der Waals surface area contributed by atoms with Crippen molar-refractivity contribution in [2.24, 2.45) is 5.92 Å². The zero-order valence-electron chi connectivity index (χ0n) is 19.8. The highest BCUT2D eigenvalue weighted by Gasteiger charge is 2.19. The van der Waals surface area contributed by atoms with E-state index in [-0.39, 0.29) is 0 Å². The summed E-state index contributed by atoms with van der Waals surface area (Å²) in [6.45, 7) is 13.1. The summed E-state index contributed by atoms with van der Waals surface area (Å²) >= 11 is 0. The fraction of sp³-hybridized carbons (Fsp3) is 0.310. The van der Waals surface area contributed by atoms with Gasteiger partial charge in [0.15, 0.2) is 0 Å². The summed E-state index contributed by atoms with van der Waals surface area (Å²) in [5.74, 6) is 0.931. The molecule has 0 N–H and O–H groups in total. The molecule has 0 amide bonds. The molecule has 0 spiro atoms. The first-order valence-electron chi connectivity index (χ1n) is 11.5.